The molecule has 0 radical (unpaired) electrons. The van der Waals surface area contributed by atoms with Crippen LogP contribution in [0.1, 0.15) is 11.1 Å². The molecule has 0 aliphatic heterocycles. The van der Waals surface area contributed by atoms with E-state index in [-0.39, 0.29) is 11.7 Å². The molecule has 0 atom stereocenters. The van der Waals surface area contributed by atoms with Crippen molar-refractivity contribution in [2.24, 2.45) is 0 Å². The minimum atomic E-state index is -0.344. The first-order chi connectivity index (χ1) is 12.1. The van der Waals surface area contributed by atoms with Gasteiger partial charge in [-0.1, -0.05) is 42.5 Å². The van der Waals surface area contributed by atoms with Gasteiger partial charge in [0.15, 0.2) is 0 Å². The molecule has 25 heavy (non-hydrogen) atoms. The smallest absolute Gasteiger partial charge is 0.137 e. The van der Waals surface area contributed by atoms with Crippen LogP contribution in [0.3, 0.4) is 0 Å². The predicted molar refractivity (Wildman–Crippen MR) is 102 cm³/mol. The largest absolute Gasteiger partial charge is 0.488 e. The third-order valence-electron chi connectivity index (χ3n) is 3.58. The van der Waals surface area contributed by atoms with Crippen molar-refractivity contribution in [3.8, 4) is 5.75 Å². The molecule has 0 aromatic heterocycles. The van der Waals surface area contributed by atoms with Crippen LogP contribution in [-0.4, -0.2) is 5.84 Å². The van der Waals surface area contributed by atoms with Gasteiger partial charge in [-0.2, -0.15) is 0 Å². The third-order valence-corrected chi connectivity index (χ3v) is 4.19. The Morgan fingerprint density at radius 1 is 1.00 bits per heavy atom. The molecule has 126 valence electrons. The highest BCUT2D eigenvalue weighted by atomic mass is 79.9. The zero-order valence-electron chi connectivity index (χ0n) is 13.3. The van der Waals surface area contributed by atoms with Crippen LogP contribution in [0.2, 0.25) is 0 Å². The van der Waals surface area contributed by atoms with Crippen molar-refractivity contribution in [3.63, 3.8) is 0 Å². The van der Waals surface area contributed by atoms with E-state index in [2.05, 4.69) is 21.2 Å². The van der Waals surface area contributed by atoms with Crippen LogP contribution in [0.25, 0.3) is 0 Å². The first-order valence-corrected chi connectivity index (χ1v) is 8.49. The quantitative estimate of drug-likeness (QED) is 0.433. The first-order valence-electron chi connectivity index (χ1n) is 7.70. The van der Waals surface area contributed by atoms with Crippen LogP contribution in [0.15, 0.2) is 77.3 Å². The fourth-order valence-corrected chi connectivity index (χ4v) is 2.70. The zero-order chi connectivity index (χ0) is 17.6. The number of anilines is 1. The number of hydrogen-bond donors (Lipinski definition) is 2. The van der Waals surface area contributed by atoms with Gasteiger partial charge in [-0.05, 0) is 51.8 Å². The van der Waals surface area contributed by atoms with E-state index in [0.717, 1.165) is 5.56 Å². The summed E-state index contributed by atoms with van der Waals surface area (Å²) < 4.78 is 19.6. The van der Waals surface area contributed by atoms with Gasteiger partial charge in [-0.25, -0.2) is 4.39 Å². The maximum absolute atomic E-state index is 13.3. The Hall–Kier alpha value is -2.66. The Bertz CT molecular complexity index is 884. The van der Waals surface area contributed by atoms with Crippen molar-refractivity contribution in [1.29, 1.82) is 5.41 Å². The van der Waals surface area contributed by atoms with Gasteiger partial charge in [0.25, 0.3) is 0 Å². The lowest BCUT2D eigenvalue weighted by Gasteiger charge is -2.14. The maximum Gasteiger partial charge on any atom is 0.137 e. The molecule has 3 aromatic rings. The molecule has 0 saturated heterocycles. The van der Waals surface area contributed by atoms with E-state index in [9.17, 15) is 4.39 Å². The molecule has 0 aliphatic rings. The van der Waals surface area contributed by atoms with Gasteiger partial charge in [0.2, 0.25) is 0 Å². The molecule has 0 bridgehead atoms. The van der Waals surface area contributed by atoms with Gasteiger partial charge >= 0.3 is 0 Å². The Labute approximate surface area is 154 Å². The molecule has 3 nitrogen and oxygen atoms in total. The normalized spacial score (nSPS) is 10.3. The minimum absolute atomic E-state index is 0.183. The minimum Gasteiger partial charge on any atom is -0.488 e. The van der Waals surface area contributed by atoms with Gasteiger partial charge in [0, 0.05) is 5.69 Å². The second-order valence-electron chi connectivity index (χ2n) is 5.40. The van der Waals surface area contributed by atoms with E-state index in [1.165, 1.54) is 6.07 Å². The third kappa shape index (κ3) is 4.45. The highest BCUT2D eigenvalue weighted by molar-refractivity contribution is 9.10. The SMILES string of the molecule is N=C(Nc1ccc(F)c(Br)c1)c1ccccc1OCc1ccccc1. The predicted octanol–water partition coefficient (Wildman–Crippen LogP) is 5.60. The molecule has 0 spiro atoms. The van der Waals surface area contributed by atoms with E-state index >= 15 is 0 Å². The summed E-state index contributed by atoms with van der Waals surface area (Å²) in [6.45, 7) is 0.424. The molecular formula is C20H16BrFN2O. The van der Waals surface area contributed by atoms with Gasteiger partial charge in [0.05, 0.1) is 10.0 Å². The summed E-state index contributed by atoms with van der Waals surface area (Å²) in [5.41, 5.74) is 2.31. The number of benzene rings is 3. The summed E-state index contributed by atoms with van der Waals surface area (Å²) in [4.78, 5) is 0. The molecule has 5 heteroatoms. The van der Waals surface area contributed by atoms with Crippen molar-refractivity contribution in [2.75, 3.05) is 5.32 Å². The number of para-hydroxylation sites is 1. The van der Waals surface area contributed by atoms with E-state index in [1.54, 1.807) is 12.1 Å². The second-order valence-corrected chi connectivity index (χ2v) is 6.25. The molecule has 0 aliphatic carbocycles. The number of rotatable bonds is 5. The van der Waals surface area contributed by atoms with Crippen molar-refractivity contribution >= 4 is 27.5 Å². The van der Waals surface area contributed by atoms with Crippen LogP contribution in [-0.2, 0) is 6.61 Å². The maximum atomic E-state index is 13.3. The standard InChI is InChI=1S/C20H16BrFN2O/c21-17-12-15(10-11-18(17)22)24-20(23)16-8-4-5-9-19(16)25-13-14-6-2-1-3-7-14/h1-12H,13H2,(H2,23,24). The molecular weight excluding hydrogens is 383 g/mol. The van der Waals surface area contributed by atoms with Crippen molar-refractivity contribution in [2.45, 2.75) is 6.61 Å². The van der Waals surface area contributed by atoms with Crippen LogP contribution in [0.5, 0.6) is 5.75 Å². The van der Waals surface area contributed by atoms with Gasteiger partial charge in [-0.15, -0.1) is 0 Å². The topological polar surface area (TPSA) is 45.1 Å². The summed E-state index contributed by atoms with van der Waals surface area (Å²) in [5.74, 6) is 0.455. The molecule has 3 aromatic carbocycles. The van der Waals surface area contributed by atoms with Crippen LogP contribution in [0, 0.1) is 11.2 Å². The van der Waals surface area contributed by atoms with E-state index < -0.39 is 0 Å². The molecule has 0 saturated carbocycles. The zero-order valence-corrected chi connectivity index (χ0v) is 14.9. The molecule has 2 N–H and O–H groups in total. The lowest BCUT2D eigenvalue weighted by atomic mass is 10.1. The van der Waals surface area contributed by atoms with Crippen molar-refractivity contribution < 1.29 is 9.13 Å². The molecule has 0 fully saturated rings. The average Bonchev–Trinajstić information content (AvgIpc) is 2.64. The number of nitrogens with one attached hydrogen (secondary N) is 2. The Kier molecular flexibility index (Phi) is 5.46. The highest BCUT2D eigenvalue weighted by Gasteiger charge is 2.10. The van der Waals surface area contributed by atoms with Crippen LogP contribution < -0.4 is 10.1 Å². The monoisotopic (exact) mass is 398 g/mol. The fourth-order valence-electron chi connectivity index (χ4n) is 2.32. The van der Waals surface area contributed by atoms with E-state index in [0.29, 0.717) is 28.1 Å². The first kappa shape index (κ1) is 17.2. The van der Waals surface area contributed by atoms with Crippen molar-refractivity contribution in [1.82, 2.24) is 0 Å². The van der Waals surface area contributed by atoms with Crippen LogP contribution in [0.4, 0.5) is 10.1 Å². The fraction of sp³-hybridized carbons (Fsp3) is 0.0500. The van der Waals surface area contributed by atoms with E-state index in [1.807, 2.05) is 54.6 Å². The Morgan fingerprint density at radius 3 is 2.48 bits per heavy atom. The number of halogens is 2. The van der Waals surface area contributed by atoms with Gasteiger partial charge in [-0.3, -0.25) is 5.41 Å². The molecule has 0 unspecified atom stereocenters. The number of hydrogen-bond acceptors (Lipinski definition) is 2. The molecule has 0 amide bonds. The Morgan fingerprint density at radius 2 is 1.72 bits per heavy atom. The summed E-state index contributed by atoms with van der Waals surface area (Å²) in [6, 6.07) is 21.7. The van der Waals surface area contributed by atoms with Gasteiger partial charge in [0.1, 0.15) is 24.0 Å². The summed E-state index contributed by atoms with van der Waals surface area (Å²) in [6.07, 6.45) is 0. The highest BCUT2D eigenvalue weighted by Crippen LogP contribution is 2.23. The summed E-state index contributed by atoms with van der Waals surface area (Å²) in [7, 11) is 0. The molecule has 0 heterocycles. The van der Waals surface area contributed by atoms with Crippen molar-refractivity contribution in [3.05, 3.63) is 94.2 Å². The lowest BCUT2D eigenvalue weighted by Crippen LogP contribution is -2.13. The summed E-state index contributed by atoms with van der Waals surface area (Å²) in [5, 5.41) is 11.3. The molecule has 3 rings (SSSR count). The van der Waals surface area contributed by atoms with Gasteiger partial charge < -0.3 is 10.1 Å². The van der Waals surface area contributed by atoms with E-state index in [4.69, 9.17) is 10.1 Å². The summed E-state index contributed by atoms with van der Waals surface area (Å²) >= 11 is 3.15. The second kappa shape index (κ2) is 7.94. The average molecular weight is 399 g/mol. The lowest BCUT2D eigenvalue weighted by molar-refractivity contribution is 0.305. The Balaban J connectivity index is 1.75. The number of ether oxygens (including phenoxy) is 1. The van der Waals surface area contributed by atoms with Crippen LogP contribution >= 0.6 is 15.9 Å². The number of amidine groups is 1.